The number of aromatic nitrogens is 2. The summed E-state index contributed by atoms with van der Waals surface area (Å²) in [6, 6.07) is 16.9. The maximum absolute atomic E-state index is 10.2. The minimum atomic E-state index is -0.622. The molecule has 1 aliphatic rings. The van der Waals surface area contributed by atoms with Crippen molar-refractivity contribution in [3.8, 4) is 40.1 Å². The van der Waals surface area contributed by atoms with Gasteiger partial charge in [0.1, 0.15) is 46.9 Å². The van der Waals surface area contributed by atoms with Crippen molar-refractivity contribution < 1.29 is 23.4 Å². The first-order valence-corrected chi connectivity index (χ1v) is 14.1. The van der Waals surface area contributed by atoms with Gasteiger partial charge >= 0.3 is 0 Å². The van der Waals surface area contributed by atoms with Gasteiger partial charge in [-0.25, -0.2) is 14.8 Å². The van der Waals surface area contributed by atoms with Crippen LogP contribution in [0.5, 0.6) is 11.5 Å². The van der Waals surface area contributed by atoms with E-state index in [1.54, 1.807) is 31.4 Å². The number of nitrogens with two attached hydrogens (primary N) is 1. The Morgan fingerprint density at radius 2 is 1.95 bits per heavy atom. The number of hydrogen-bond acceptors (Lipinski definition) is 10. The number of nitrogen functional groups attached to an aromatic ring is 1. The summed E-state index contributed by atoms with van der Waals surface area (Å²) >= 11 is 1.30. The molecule has 2 N–H and O–H groups in total. The molecule has 0 spiro atoms. The summed E-state index contributed by atoms with van der Waals surface area (Å²) in [4.78, 5) is 12.7. The fourth-order valence-electron chi connectivity index (χ4n) is 4.56. The Morgan fingerprint density at radius 3 is 2.62 bits per heavy atom. The lowest BCUT2D eigenvalue weighted by Gasteiger charge is -2.17. The number of benzene rings is 2. The van der Waals surface area contributed by atoms with Gasteiger partial charge in [0.15, 0.2) is 5.79 Å². The van der Waals surface area contributed by atoms with Crippen LogP contribution in [-0.2, 0) is 15.2 Å². The smallest absolute Gasteiger partial charge is 0.236 e. The highest BCUT2D eigenvalue weighted by Gasteiger charge is 2.33. The molecule has 11 heteroatoms. The molecule has 0 unspecified atom stereocenters. The molecular weight excluding hydrogens is 554 g/mol. The van der Waals surface area contributed by atoms with Crippen LogP contribution in [0.1, 0.15) is 30.9 Å². The minimum absolute atomic E-state index is 0.0504. The summed E-state index contributed by atoms with van der Waals surface area (Å²) in [6.07, 6.45) is -0.169. The molecule has 10 nitrogen and oxygen atoms in total. The second-order valence-corrected chi connectivity index (χ2v) is 10.9. The largest absolute Gasteiger partial charge is 0.496 e. The molecule has 1 aliphatic heterocycles. The fourth-order valence-corrected chi connectivity index (χ4v) is 5.56. The Kier molecular flexibility index (Phi) is 8.36. The highest BCUT2D eigenvalue weighted by Crippen LogP contribution is 2.42. The molecule has 0 aliphatic carbocycles. The van der Waals surface area contributed by atoms with E-state index in [0.717, 1.165) is 5.56 Å². The number of hydrogen-bond donors (Lipinski definition) is 1. The molecule has 0 amide bonds. The third-order valence-electron chi connectivity index (χ3n) is 6.61. The van der Waals surface area contributed by atoms with Crippen LogP contribution in [0.15, 0.2) is 58.0 Å². The van der Waals surface area contributed by atoms with Crippen molar-refractivity contribution in [2.45, 2.75) is 43.4 Å². The SMILES string of the molecule is [C-]#[N+]c1c(N)nc(SCc2nc(-c3ccccc3OC)oc2C)c(C#N)c1-c1ccc(OC[C@H]2COC(C)(C)O2)cc1. The standard InChI is InChI=1S/C31H29N5O5S/c1-18-24(35-29(40-18)22-8-6-7-9-25(22)37-5)17-42-30-23(14-32)26(27(34-4)28(33)36-30)19-10-12-20(13-11-19)38-15-21-16-39-31(2,3)41-21/h6-13,21H,15-17H2,1-3,5H3,(H2,33,36)/t21-/m0/s1. The van der Waals surface area contributed by atoms with Crippen molar-refractivity contribution in [2.75, 3.05) is 26.1 Å². The molecule has 0 bridgehead atoms. The van der Waals surface area contributed by atoms with E-state index in [1.807, 2.05) is 45.0 Å². The van der Waals surface area contributed by atoms with Gasteiger partial charge in [0, 0.05) is 11.3 Å². The number of anilines is 1. The zero-order valence-electron chi connectivity index (χ0n) is 23.6. The van der Waals surface area contributed by atoms with E-state index in [9.17, 15) is 5.26 Å². The first-order chi connectivity index (χ1) is 20.2. The number of ether oxygens (including phenoxy) is 4. The molecule has 2 aromatic carbocycles. The fraction of sp³-hybridized carbons (Fsp3) is 0.290. The highest BCUT2D eigenvalue weighted by molar-refractivity contribution is 7.98. The summed E-state index contributed by atoms with van der Waals surface area (Å²) in [6.45, 7) is 14.1. The zero-order valence-corrected chi connectivity index (χ0v) is 24.4. The maximum Gasteiger partial charge on any atom is 0.236 e. The van der Waals surface area contributed by atoms with E-state index >= 15 is 0 Å². The molecule has 2 aromatic heterocycles. The van der Waals surface area contributed by atoms with Gasteiger partial charge in [0.25, 0.3) is 0 Å². The first-order valence-electron chi connectivity index (χ1n) is 13.1. The number of rotatable bonds is 9. The predicted molar refractivity (Wildman–Crippen MR) is 158 cm³/mol. The van der Waals surface area contributed by atoms with Crippen molar-refractivity contribution in [3.05, 3.63) is 77.0 Å². The van der Waals surface area contributed by atoms with Gasteiger partial charge in [-0.2, -0.15) is 5.26 Å². The summed E-state index contributed by atoms with van der Waals surface area (Å²) < 4.78 is 28.6. The van der Waals surface area contributed by atoms with Gasteiger partial charge in [-0.15, -0.1) is 0 Å². The van der Waals surface area contributed by atoms with Gasteiger partial charge in [-0.05, 0) is 50.6 Å². The quantitative estimate of drug-likeness (QED) is 0.171. The summed E-state index contributed by atoms with van der Waals surface area (Å²) in [5.41, 5.74) is 9.13. The van der Waals surface area contributed by atoms with Crippen LogP contribution in [0, 0.1) is 24.8 Å². The van der Waals surface area contributed by atoms with Crippen LogP contribution in [0.4, 0.5) is 11.5 Å². The van der Waals surface area contributed by atoms with Crippen LogP contribution in [-0.4, -0.2) is 42.2 Å². The molecule has 1 atom stereocenters. The van der Waals surface area contributed by atoms with Gasteiger partial charge in [0.2, 0.25) is 11.6 Å². The average Bonchev–Trinajstić information content (AvgIpc) is 3.55. The molecular formula is C31H29N5O5S. The Labute approximate surface area is 248 Å². The lowest BCUT2D eigenvalue weighted by atomic mass is 10.00. The number of oxazole rings is 1. The number of methoxy groups -OCH3 is 1. The van der Waals surface area contributed by atoms with Crippen molar-refractivity contribution in [1.29, 1.82) is 5.26 Å². The third-order valence-corrected chi connectivity index (χ3v) is 7.60. The Morgan fingerprint density at radius 1 is 1.19 bits per heavy atom. The number of thioether (sulfide) groups is 1. The maximum atomic E-state index is 10.2. The predicted octanol–water partition coefficient (Wildman–Crippen LogP) is 6.55. The van der Waals surface area contributed by atoms with Crippen LogP contribution < -0.4 is 15.2 Å². The summed E-state index contributed by atoms with van der Waals surface area (Å²) in [7, 11) is 1.59. The lowest BCUT2D eigenvalue weighted by Crippen LogP contribution is -2.25. The molecule has 1 fully saturated rings. The van der Waals surface area contributed by atoms with Gasteiger partial charge < -0.3 is 29.1 Å². The lowest BCUT2D eigenvalue weighted by molar-refractivity contribution is -0.141. The van der Waals surface area contributed by atoms with Crippen molar-refractivity contribution in [3.63, 3.8) is 0 Å². The first kappa shape index (κ1) is 29.0. The molecule has 0 saturated carbocycles. The van der Waals surface area contributed by atoms with Crippen LogP contribution >= 0.6 is 11.8 Å². The number of nitriles is 1. The molecule has 1 saturated heterocycles. The third kappa shape index (κ3) is 6.04. The monoisotopic (exact) mass is 583 g/mol. The Hall–Kier alpha value is -4.55. The number of para-hydroxylation sites is 1. The van der Waals surface area contributed by atoms with E-state index in [0.29, 0.717) is 64.0 Å². The second kappa shape index (κ2) is 12.1. The van der Waals surface area contributed by atoms with Crippen LogP contribution in [0.2, 0.25) is 0 Å². The minimum Gasteiger partial charge on any atom is -0.496 e. The van der Waals surface area contributed by atoms with E-state index in [-0.39, 0.29) is 23.2 Å². The number of nitrogens with zero attached hydrogens (tertiary/aromatic N) is 4. The zero-order chi connectivity index (χ0) is 29.9. The summed E-state index contributed by atoms with van der Waals surface area (Å²) in [5, 5.41) is 10.6. The van der Waals surface area contributed by atoms with Crippen LogP contribution in [0.25, 0.3) is 27.4 Å². The Balaban J connectivity index is 1.38. The second-order valence-electron chi connectivity index (χ2n) is 9.92. The van der Waals surface area contributed by atoms with E-state index in [1.165, 1.54) is 11.8 Å². The van der Waals surface area contributed by atoms with E-state index in [2.05, 4.69) is 20.9 Å². The molecule has 42 heavy (non-hydrogen) atoms. The Bertz CT molecular complexity index is 1690. The highest BCUT2D eigenvalue weighted by atomic mass is 32.2. The van der Waals surface area contributed by atoms with E-state index in [4.69, 9.17) is 35.7 Å². The molecule has 214 valence electrons. The number of aryl methyl sites for hydroxylation is 1. The van der Waals surface area contributed by atoms with Crippen molar-refractivity contribution in [1.82, 2.24) is 9.97 Å². The number of pyridine rings is 1. The van der Waals surface area contributed by atoms with Gasteiger partial charge in [-0.1, -0.05) is 36.0 Å². The van der Waals surface area contributed by atoms with Crippen molar-refractivity contribution in [2.24, 2.45) is 0 Å². The molecule has 0 radical (unpaired) electrons. The molecule has 5 rings (SSSR count). The average molecular weight is 584 g/mol. The topological polar surface area (TPSA) is 130 Å². The summed E-state index contributed by atoms with van der Waals surface area (Å²) in [5.74, 6) is 2.16. The normalized spacial score (nSPS) is 15.6. The molecule has 3 heterocycles. The van der Waals surface area contributed by atoms with Crippen molar-refractivity contribution >= 4 is 23.3 Å². The van der Waals surface area contributed by atoms with E-state index < -0.39 is 5.79 Å². The van der Waals surface area contributed by atoms with Gasteiger partial charge in [-0.3, -0.25) is 0 Å². The molecule has 4 aromatic rings. The van der Waals surface area contributed by atoms with Gasteiger partial charge in [0.05, 0.1) is 37.1 Å². The van der Waals surface area contributed by atoms with Crippen LogP contribution in [0.3, 0.4) is 0 Å².